The van der Waals surface area contributed by atoms with E-state index in [9.17, 15) is 9.59 Å². The molecular formula is C15H30O4. The molecule has 0 saturated carbocycles. The lowest BCUT2D eigenvalue weighted by Crippen LogP contribution is -2.14. The van der Waals surface area contributed by atoms with Crippen LogP contribution in [0.5, 0.6) is 0 Å². The first-order valence-electron chi connectivity index (χ1n) is 7.37. The van der Waals surface area contributed by atoms with Crippen LogP contribution in [0.1, 0.15) is 72.6 Å². The summed E-state index contributed by atoms with van der Waals surface area (Å²) in [5.74, 6) is -0.692. The van der Waals surface area contributed by atoms with E-state index in [0.717, 1.165) is 19.3 Å². The first kappa shape index (κ1) is 20.3. The van der Waals surface area contributed by atoms with E-state index in [2.05, 4.69) is 6.92 Å². The molecule has 0 aromatic carbocycles. The molecule has 0 saturated heterocycles. The Morgan fingerprint density at radius 1 is 1.05 bits per heavy atom. The average Bonchev–Trinajstić information content (AvgIpc) is 2.37. The molecule has 0 amide bonds. The predicted molar refractivity (Wildman–Crippen MR) is 77.1 cm³/mol. The van der Waals surface area contributed by atoms with Crippen molar-refractivity contribution in [2.45, 2.75) is 72.6 Å². The van der Waals surface area contributed by atoms with Crippen molar-refractivity contribution in [1.82, 2.24) is 0 Å². The Labute approximate surface area is 117 Å². The molecule has 4 heteroatoms. The number of carbonyl (C=O) groups is 2. The van der Waals surface area contributed by atoms with Crippen molar-refractivity contribution in [3.8, 4) is 0 Å². The number of carboxylic acid groups (broad SMARTS) is 1. The summed E-state index contributed by atoms with van der Waals surface area (Å²) in [6.07, 6.45) is 6.53. The largest absolute Gasteiger partial charge is 0.481 e. The summed E-state index contributed by atoms with van der Waals surface area (Å²) in [7, 11) is 0. The van der Waals surface area contributed by atoms with E-state index in [1.165, 1.54) is 19.3 Å². The van der Waals surface area contributed by atoms with Gasteiger partial charge in [0.05, 0.1) is 12.5 Å². The number of carbonyl (C=O) groups excluding carboxylic acids is 1. The number of rotatable bonds is 9. The van der Waals surface area contributed by atoms with Gasteiger partial charge in [-0.15, -0.1) is 0 Å². The molecule has 0 aliphatic heterocycles. The number of hydrogen-bond donors (Lipinski definition) is 1. The highest BCUT2D eigenvalue weighted by Gasteiger charge is 2.10. The summed E-state index contributed by atoms with van der Waals surface area (Å²) in [6.45, 7) is 8.53. The van der Waals surface area contributed by atoms with Crippen LogP contribution in [-0.4, -0.2) is 23.7 Å². The molecule has 0 bridgehead atoms. The molecule has 0 aromatic heterocycles. The maximum Gasteiger partial charge on any atom is 0.308 e. The van der Waals surface area contributed by atoms with Crippen molar-refractivity contribution in [2.75, 3.05) is 6.61 Å². The molecule has 0 fully saturated rings. The SMILES string of the molecule is CCCC(=O)O.CCCCCCOC(=O)C(C)CC. The van der Waals surface area contributed by atoms with Crippen molar-refractivity contribution < 1.29 is 19.4 Å². The van der Waals surface area contributed by atoms with E-state index in [0.29, 0.717) is 13.0 Å². The van der Waals surface area contributed by atoms with Crippen LogP contribution in [0, 0.1) is 5.92 Å². The second kappa shape index (κ2) is 15.0. The Balaban J connectivity index is 0. The standard InChI is InChI=1S/C11H22O2.C4H8O2/c1-4-6-7-8-9-13-11(12)10(3)5-2;1-2-3-4(5)6/h10H,4-9H2,1-3H3;2-3H2,1H3,(H,5,6). The maximum absolute atomic E-state index is 11.2. The summed E-state index contributed by atoms with van der Waals surface area (Å²) in [5.41, 5.74) is 0. The topological polar surface area (TPSA) is 63.6 Å². The fraction of sp³-hybridized carbons (Fsp3) is 0.867. The lowest BCUT2D eigenvalue weighted by Gasteiger charge is -2.08. The van der Waals surface area contributed by atoms with Crippen molar-refractivity contribution in [3.63, 3.8) is 0 Å². The summed E-state index contributed by atoms with van der Waals surface area (Å²) < 4.78 is 5.10. The summed E-state index contributed by atoms with van der Waals surface area (Å²) in [5, 5.41) is 7.91. The molecule has 114 valence electrons. The van der Waals surface area contributed by atoms with Gasteiger partial charge in [-0.1, -0.05) is 47.0 Å². The lowest BCUT2D eigenvalue weighted by molar-refractivity contribution is -0.148. The predicted octanol–water partition coefficient (Wildman–Crippen LogP) is 4.03. The highest BCUT2D eigenvalue weighted by atomic mass is 16.5. The Morgan fingerprint density at radius 3 is 2.05 bits per heavy atom. The minimum absolute atomic E-state index is 0.0426. The third-order valence-electron chi connectivity index (χ3n) is 2.72. The molecule has 0 aliphatic carbocycles. The van der Waals surface area contributed by atoms with Gasteiger partial charge in [0.1, 0.15) is 0 Å². The van der Waals surface area contributed by atoms with E-state index in [1.807, 2.05) is 20.8 Å². The van der Waals surface area contributed by atoms with Gasteiger partial charge in [0.15, 0.2) is 0 Å². The molecule has 0 radical (unpaired) electrons. The van der Waals surface area contributed by atoms with Gasteiger partial charge < -0.3 is 9.84 Å². The number of carboxylic acids is 1. The number of ether oxygens (including phenoxy) is 1. The van der Waals surface area contributed by atoms with Crippen LogP contribution in [0.3, 0.4) is 0 Å². The first-order valence-corrected chi connectivity index (χ1v) is 7.37. The monoisotopic (exact) mass is 274 g/mol. The molecule has 1 unspecified atom stereocenters. The minimum Gasteiger partial charge on any atom is -0.481 e. The zero-order valence-corrected chi connectivity index (χ0v) is 12.9. The fourth-order valence-electron chi connectivity index (χ4n) is 1.22. The second-order valence-corrected chi connectivity index (χ2v) is 4.68. The Morgan fingerprint density at radius 2 is 1.68 bits per heavy atom. The van der Waals surface area contributed by atoms with E-state index in [-0.39, 0.29) is 11.9 Å². The zero-order chi connectivity index (χ0) is 15.1. The van der Waals surface area contributed by atoms with Crippen molar-refractivity contribution in [3.05, 3.63) is 0 Å². The van der Waals surface area contributed by atoms with E-state index >= 15 is 0 Å². The van der Waals surface area contributed by atoms with Gasteiger partial charge in [-0.25, -0.2) is 0 Å². The Bertz CT molecular complexity index is 226. The third-order valence-corrected chi connectivity index (χ3v) is 2.72. The average molecular weight is 274 g/mol. The normalized spacial score (nSPS) is 11.2. The van der Waals surface area contributed by atoms with Crippen LogP contribution in [0.4, 0.5) is 0 Å². The van der Waals surface area contributed by atoms with Gasteiger partial charge in [-0.3, -0.25) is 9.59 Å². The molecule has 0 heterocycles. The molecule has 0 aromatic rings. The molecule has 0 aliphatic rings. The molecule has 0 spiro atoms. The van der Waals surface area contributed by atoms with Gasteiger partial charge in [-0.05, 0) is 19.3 Å². The van der Waals surface area contributed by atoms with Crippen LogP contribution in [0.2, 0.25) is 0 Å². The fourth-order valence-corrected chi connectivity index (χ4v) is 1.22. The van der Waals surface area contributed by atoms with Crippen LogP contribution < -0.4 is 0 Å². The van der Waals surface area contributed by atoms with Gasteiger partial charge in [0.2, 0.25) is 0 Å². The molecular weight excluding hydrogens is 244 g/mol. The van der Waals surface area contributed by atoms with E-state index in [1.54, 1.807) is 0 Å². The highest BCUT2D eigenvalue weighted by Crippen LogP contribution is 2.05. The van der Waals surface area contributed by atoms with Crippen LogP contribution in [-0.2, 0) is 14.3 Å². The number of aliphatic carboxylic acids is 1. The van der Waals surface area contributed by atoms with E-state index < -0.39 is 5.97 Å². The van der Waals surface area contributed by atoms with Crippen molar-refractivity contribution >= 4 is 11.9 Å². The molecule has 1 atom stereocenters. The van der Waals surface area contributed by atoms with Gasteiger partial charge in [-0.2, -0.15) is 0 Å². The molecule has 0 rings (SSSR count). The lowest BCUT2D eigenvalue weighted by atomic mass is 10.1. The van der Waals surface area contributed by atoms with Crippen LogP contribution in [0.15, 0.2) is 0 Å². The molecule has 19 heavy (non-hydrogen) atoms. The van der Waals surface area contributed by atoms with E-state index in [4.69, 9.17) is 9.84 Å². The third kappa shape index (κ3) is 16.9. The second-order valence-electron chi connectivity index (χ2n) is 4.68. The number of hydrogen-bond acceptors (Lipinski definition) is 3. The van der Waals surface area contributed by atoms with Gasteiger partial charge in [0.25, 0.3) is 0 Å². The van der Waals surface area contributed by atoms with Crippen molar-refractivity contribution in [2.24, 2.45) is 5.92 Å². The van der Waals surface area contributed by atoms with Crippen molar-refractivity contribution in [1.29, 1.82) is 0 Å². The first-order chi connectivity index (χ1) is 8.99. The molecule has 1 N–H and O–H groups in total. The summed E-state index contributed by atoms with van der Waals surface area (Å²) in [4.78, 5) is 20.8. The summed E-state index contributed by atoms with van der Waals surface area (Å²) >= 11 is 0. The van der Waals surface area contributed by atoms with Crippen LogP contribution >= 0.6 is 0 Å². The number of esters is 1. The van der Waals surface area contributed by atoms with Gasteiger partial charge in [0, 0.05) is 6.42 Å². The minimum atomic E-state index is -0.711. The van der Waals surface area contributed by atoms with Crippen LogP contribution in [0.25, 0.3) is 0 Å². The summed E-state index contributed by atoms with van der Waals surface area (Å²) in [6, 6.07) is 0. The Kier molecular flexibility index (Phi) is 16.0. The highest BCUT2D eigenvalue weighted by molar-refractivity contribution is 5.71. The maximum atomic E-state index is 11.2. The van der Waals surface area contributed by atoms with Gasteiger partial charge >= 0.3 is 11.9 Å². The Hall–Kier alpha value is -1.06. The smallest absolute Gasteiger partial charge is 0.308 e. The molecule has 4 nitrogen and oxygen atoms in total. The number of unbranched alkanes of at least 4 members (excludes halogenated alkanes) is 3. The quantitative estimate of drug-likeness (QED) is 0.509. The zero-order valence-electron chi connectivity index (χ0n) is 12.9.